The second-order valence-corrected chi connectivity index (χ2v) is 5.89. The van der Waals surface area contributed by atoms with Crippen molar-refractivity contribution < 1.29 is 19.5 Å². The van der Waals surface area contributed by atoms with Gasteiger partial charge in [-0.15, -0.1) is 0 Å². The van der Waals surface area contributed by atoms with E-state index in [9.17, 15) is 19.5 Å². The van der Waals surface area contributed by atoms with Crippen LogP contribution in [0.15, 0.2) is 48.5 Å². The monoisotopic (exact) mass is 355 g/mol. The maximum absolute atomic E-state index is 12.2. The zero-order valence-corrected chi connectivity index (χ0v) is 14.6. The van der Waals surface area contributed by atoms with E-state index in [1.54, 1.807) is 12.1 Å². The first-order valence-electron chi connectivity index (χ1n) is 8.07. The van der Waals surface area contributed by atoms with Crippen molar-refractivity contribution in [2.24, 2.45) is 0 Å². The van der Waals surface area contributed by atoms with Gasteiger partial charge in [-0.05, 0) is 24.6 Å². The molecule has 2 aromatic rings. The number of para-hydroxylation sites is 1. The molecule has 0 aliphatic heterocycles. The van der Waals surface area contributed by atoms with Crippen LogP contribution in [0.1, 0.15) is 40.9 Å². The Kier molecular flexibility index (Phi) is 6.32. The van der Waals surface area contributed by atoms with Gasteiger partial charge in [-0.25, -0.2) is 0 Å². The van der Waals surface area contributed by atoms with Crippen LogP contribution in [0.5, 0.6) is 5.75 Å². The van der Waals surface area contributed by atoms with E-state index >= 15 is 0 Å². The van der Waals surface area contributed by atoms with E-state index in [1.807, 2.05) is 31.2 Å². The van der Waals surface area contributed by atoms with Crippen molar-refractivity contribution in [2.75, 3.05) is 0 Å². The molecular weight excluding hydrogens is 334 g/mol. The fraction of sp³-hybridized carbons (Fsp3) is 0.211. The van der Waals surface area contributed by atoms with Gasteiger partial charge < -0.3 is 10.4 Å². The normalized spacial score (nSPS) is 11.3. The fourth-order valence-corrected chi connectivity index (χ4v) is 2.39. The quantitative estimate of drug-likeness (QED) is 0.613. The molecule has 3 amide bonds. The van der Waals surface area contributed by atoms with Crippen LogP contribution < -0.4 is 16.2 Å². The van der Waals surface area contributed by atoms with Crippen LogP contribution in [-0.2, 0) is 9.59 Å². The third-order valence-electron chi connectivity index (χ3n) is 3.71. The lowest BCUT2D eigenvalue weighted by Crippen LogP contribution is -2.43. The number of aryl methyl sites for hydroxylation is 1. The second kappa shape index (κ2) is 8.66. The first kappa shape index (κ1) is 19.0. The molecule has 7 heteroatoms. The number of hydrogen-bond donors (Lipinski definition) is 4. The molecule has 0 spiro atoms. The average molecular weight is 355 g/mol. The van der Waals surface area contributed by atoms with Crippen molar-refractivity contribution in [3.63, 3.8) is 0 Å². The highest BCUT2D eigenvalue weighted by Crippen LogP contribution is 2.18. The highest BCUT2D eigenvalue weighted by Gasteiger charge is 2.18. The number of phenols is 1. The van der Waals surface area contributed by atoms with Crippen molar-refractivity contribution in [3.05, 3.63) is 65.2 Å². The summed E-state index contributed by atoms with van der Waals surface area (Å²) in [6.07, 6.45) is -0.0519. The Bertz CT molecular complexity index is 803. The van der Waals surface area contributed by atoms with Gasteiger partial charge in [0.25, 0.3) is 5.91 Å². The van der Waals surface area contributed by atoms with Crippen molar-refractivity contribution in [2.45, 2.75) is 26.3 Å². The van der Waals surface area contributed by atoms with Gasteiger partial charge in [-0.2, -0.15) is 0 Å². The van der Waals surface area contributed by atoms with Gasteiger partial charge in [0.1, 0.15) is 5.75 Å². The van der Waals surface area contributed by atoms with Gasteiger partial charge in [0.05, 0.1) is 18.0 Å². The van der Waals surface area contributed by atoms with E-state index in [4.69, 9.17) is 0 Å². The number of hydrazine groups is 1. The maximum atomic E-state index is 12.2. The number of carbonyl (C=O) groups excluding carboxylic acids is 3. The number of carbonyl (C=O) groups is 3. The van der Waals surface area contributed by atoms with Gasteiger partial charge in [0.2, 0.25) is 11.8 Å². The summed E-state index contributed by atoms with van der Waals surface area (Å²) in [7, 11) is 0. The standard InChI is InChI=1S/C19H21N3O4/c1-12-7-9-14(10-8-12)16(20-13(2)23)11-18(25)21-22-19(26)15-5-3-4-6-17(15)24/h3-10,16,24H,11H2,1-2H3,(H,20,23)(H,21,25)(H,22,26)/t16-/m0/s1. The number of benzene rings is 2. The van der Waals surface area contributed by atoms with E-state index in [2.05, 4.69) is 16.2 Å². The minimum absolute atomic E-state index is 0.0461. The molecule has 1 atom stereocenters. The summed E-state index contributed by atoms with van der Waals surface area (Å²) < 4.78 is 0. The number of amides is 3. The highest BCUT2D eigenvalue weighted by atomic mass is 16.3. The Hall–Kier alpha value is -3.35. The van der Waals surface area contributed by atoms with Gasteiger partial charge in [0.15, 0.2) is 0 Å². The molecule has 0 fully saturated rings. The van der Waals surface area contributed by atoms with Crippen LogP contribution in [0.25, 0.3) is 0 Å². The van der Waals surface area contributed by atoms with Crippen LogP contribution in [0.3, 0.4) is 0 Å². The fourth-order valence-electron chi connectivity index (χ4n) is 2.39. The SMILES string of the molecule is CC(=O)N[C@@H](CC(=O)NNC(=O)c1ccccc1O)c1ccc(C)cc1. The van der Waals surface area contributed by atoms with E-state index < -0.39 is 17.9 Å². The topological polar surface area (TPSA) is 108 Å². The van der Waals surface area contributed by atoms with Gasteiger partial charge in [0, 0.05) is 6.92 Å². The minimum atomic E-state index is -0.636. The van der Waals surface area contributed by atoms with Crippen molar-refractivity contribution in [1.29, 1.82) is 0 Å². The molecule has 0 aromatic heterocycles. The van der Waals surface area contributed by atoms with Crippen LogP contribution in [0, 0.1) is 6.92 Å². The molecule has 4 N–H and O–H groups in total. The van der Waals surface area contributed by atoms with E-state index in [0.717, 1.165) is 11.1 Å². The molecule has 0 saturated heterocycles. The van der Waals surface area contributed by atoms with Crippen LogP contribution in [-0.4, -0.2) is 22.8 Å². The molecule has 2 aromatic carbocycles. The molecule has 0 aliphatic rings. The van der Waals surface area contributed by atoms with Crippen LogP contribution >= 0.6 is 0 Å². The van der Waals surface area contributed by atoms with Gasteiger partial charge >= 0.3 is 0 Å². The van der Waals surface area contributed by atoms with Crippen LogP contribution in [0.2, 0.25) is 0 Å². The molecule has 26 heavy (non-hydrogen) atoms. The zero-order chi connectivity index (χ0) is 19.1. The molecule has 0 heterocycles. The molecule has 0 saturated carbocycles. The summed E-state index contributed by atoms with van der Waals surface area (Å²) in [6, 6.07) is 12.9. The number of rotatable bonds is 5. The Morgan fingerprint density at radius 1 is 1.00 bits per heavy atom. The smallest absolute Gasteiger partial charge is 0.273 e. The van der Waals surface area contributed by atoms with Crippen molar-refractivity contribution >= 4 is 17.7 Å². The first-order valence-corrected chi connectivity index (χ1v) is 8.07. The van der Waals surface area contributed by atoms with E-state index in [1.165, 1.54) is 19.1 Å². The Labute approximate surface area is 151 Å². The van der Waals surface area contributed by atoms with Gasteiger partial charge in [-0.1, -0.05) is 42.0 Å². The predicted molar refractivity (Wildman–Crippen MR) is 96.1 cm³/mol. The molecule has 0 radical (unpaired) electrons. The number of nitrogens with one attached hydrogen (secondary N) is 3. The summed E-state index contributed by atoms with van der Waals surface area (Å²) in [6.45, 7) is 3.32. The molecule has 136 valence electrons. The lowest BCUT2D eigenvalue weighted by Gasteiger charge is -2.18. The maximum Gasteiger partial charge on any atom is 0.273 e. The number of aromatic hydroxyl groups is 1. The molecule has 0 unspecified atom stereocenters. The second-order valence-electron chi connectivity index (χ2n) is 5.89. The zero-order valence-electron chi connectivity index (χ0n) is 14.6. The molecule has 7 nitrogen and oxygen atoms in total. The van der Waals surface area contributed by atoms with Crippen molar-refractivity contribution in [1.82, 2.24) is 16.2 Å². The van der Waals surface area contributed by atoms with Crippen molar-refractivity contribution in [3.8, 4) is 5.75 Å². The Balaban J connectivity index is 1.98. The Morgan fingerprint density at radius 3 is 2.27 bits per heavy atom. The molecular formula is C19H21N3O4. The third-order valence-corrected chi connectivity index (χ3v) is 3.71. The summed E-state index contributed by atoms with van der Waals surface area (Å²) in [5.74, 6) is -1.56. The highest BCUT2D eigenvalue weighted by molar-refractivity contribution is 5.97. The number of hydrogen-bond acceptors (Lipinski definition) is 4. The minimum Gasteiger partial charge on any atom is -0.507 e. The molecule has 0 aliphatic carbocycles. The summed E-state index contributed by atoms with van der Waals surface area (Å²) in [5, 5.41) is 12.4. The van der Waals surface area contributed by atoms with E-state index in [0.29, 0.717) is 0 Å². The summed E-state index contributed by atoms with van der Waals surface area (Å²) >= 11 is 0. The lowest BCUT2D eigenvalue weighted by molar-refractivity contribution is -0.123. The Morgan fingerprint density at radius 2 is 1.65 bits per heavy atom. The molecule has 2 rings (SSSR count). The average Bonchev–Trinajstić information content (AvgIpc) is 2.60. The predicted octanol–water partition coefficient (Wildman–Crippen LogP) is 1.73. The molecule has 0 bridgehead atoms. The first-order chi connectivity index (χ1) is 12.4. The summed E-state index contributed by atoms with van der Waals surface area (Å²) in [5.41, 5.74) is 6.44. The largest absolute Gasteiger partial charge is 0.507 e. The third kappa shape index (κ3) is 5.34. The number of phenolic OH excluding ortho intramolecular Hbond substituents is 1. The summed E-state index contributed by atoms with van der Waals surface area (Å²) in [4.78, 5) is 35.6. The lowest BCUT2D eigenvalue weighted by atomic mass is 10.0. The van der Waals surface area contributed by atoms with Gasteiger partial charge in [-0.3, -0.25) is 25.2 Å². The van der Waals surface area contributed by atoms with Crippen LogP contribution in [0.4, 0.5) is 0 Å². The van der Waals surface area contributed by atoms with E-state index in [-0.39, 0.29) is 23.6 Å².